The number of nitrogens with zero attached hydrogens (tertiary/aromatic N) is 2. The zero-order valence-corrected chi connectivity index (χ0v) is 16.5. The zero-order valence-electron chi connectivity index (χ0n) is 16.5. The van der Waals surface area contributed by atoms with E-state index in [9.17, 15) is 9.59 Å². The molecule has 4 aliphatic rings. The van der Waals surface area contributed by atoms with Gasteiger partial charge in [-0.3, -0.25) is 9.59 Å². The van der Waals surface area contributed by atoms with Gasteiger partial charge < -0.3 is 19.3 Å². The molecule has 2 atom stereocenters. The maximum atomic E-state index is 13.3. The number of fused-ring (bicyclic) bond motifs is 3. The normalized spacial score (nSPS) is 25.3. The topological polar surface area (TPSA) is 59.1 Å². The van der Waals surface area contributed by atoms with Gasteiger partial charge in [0.1, 0.15) is 5.75 Å². The van der Waals surface area contributed by atoms with Crippen LogP contribution in [0.5, 0.6) is 5.75 Å². The van der Waals surface area contributed by atoms with Crippen molar-refractivity contribution in [2.24, 2.45) is 0 Å². The molecule has 28 heavy (non-hydrogen) atoms. The fourth-order valence-corrected chi connectivity index (χ4v) is 5.10. The summed E-state index contributed by atoms with van der Waals surface area (Å²) in [5, 5.41) is 0. The van der Waals surface area contributed by atoms with Gasteiger partial charge in [-0.25, -0.2) is 0 Å². The van der Waals surface area contributed by atoms with Crippen LogP contribution in [0.15, 0.2) is 12.1 Å². The standard InChI is InChI=1S/C22H28N2O4/c1-27-21-18-4-2-3-14(18)5-8-19(21)22(26)24-13-15-11-16(24)12-23(15)20(25)9-10-28-17-6-7-17/h5,8,15-17H,2-4,6-7,9-13H2,1H3/t15-,16-/m0/s1. The molecule has 2 aliphatic carbocycles. The number of hydrogen-bond donors (Lipinski definition) is 0. The fraction of sp³-hybridized carbons (Fsp3) is 0.636. The maximum Gasteiger partial charge on any atom is 0.258 e. The van der Waals surface area contributed by atoms with E-state index >= 15 is 0 Å². The van der Waals surface area contributed by atoms with Gasteiger partial charge in [-0.2, -0.15) is 0 Å². The first-order chi connectivity index (χ1) is 13.7. The van der Waals surface area contributed by atoms with E-state index in [0.717, 1.165) is 44.3 Å². The molecule has 150 valence electrons. The molecule has 0 N–H and O–H groups in total. The summed E-state index contributed by atoms with van der Waals surface area (Å²) in [7, 11) is 1.66. The minimum Gasteiger partial charge on any atom is -0.496 e. The number of piperazine rings is 1. The highest BCUT2D eigenvalue weighted by Gasteiger charge is 2.47. The highest BCUT2D eigenvalue weighted by atomic mass is 16.5. The second-order valence-electron chi connectivity index (χ2n) is 8.50. The second-order valence-corrected chi connectivity index (χ2v) is 8.50. The lowest BCUT2D eigenvalue weighted by Crippen LogP contribution is -2.50. The Morgan fingerprint density at radius 2 is 1.89 bits per heavy atom. The van der Waals surface area contributed by atoms with Crippen LogP contribution in [0.3, 0.4) is 0 Å². The molecule has 1 aromatic carbocycles. The Labute approximate surface area is 165 Å². The molecule has 3 fully saturated rings. The van der Waals surface area contributed by atoms with Crippen LogP contribution in [-0.2, 0) is 22.4 Å². The number of amides is 2. The van der Waals surface area contributed by atoms with Crippen LogP contribution < -0.4 is 4.74 Å². The number of benzene rings is 1. The van der Waals surface area contributed by atoms with Gasteiger partial charge in [0, 0.05) is 13.1 Å². The van der Waals surface area contributed by atoms with E-state index in [0.29, 0.717) is 37.8 Å². The van der Waals surface area contributed by atoms with Gasteiger partial charge in [0.25, 0.3) is 5.91 Å². The summed E-state index contributed by atoms with van der Waals surface area (Å²) in [5.74, 6) is 0.964. The van der Waals surface area contributed by atoms with E-state index in [-0.39, 0.29) is 23.9 Å². The Hall–Kier alpha value is -2.08. The van der Waals surface area contributed by atoms with Gasteiger partial charge in [-0.15, -0.1) is 0 Å². The summed E-state index contributed by atoms with van der Waals surface area (Å²) < 4.78 is 11.3. The molecule has 6 nitrogen and oxygen atoms in total. The van der Waals surface area contributed by atoms with Gasteiger partial charge in [0.05, 0.1) is 43.9 Å². The first kappa shape index (κ1) is 18.0. The largest absolute Gasteiger partial charge is 0.496 e. The van der Waals surface area contributed by atoms with E-state index in [2.05, 4.69) is 6.07 Å². The van der Waals surface area contributed by atoms with E-state index in [4.69, 9.17) is 9.47 Å². The van der Waals surface area contributed by atoms with Gasteiger partial charge in [-0.1, -0.05) is 6.07 Å². The fourth-order valence-electron chi connectivity index (χ4n) is 5.10. The third-order valence-corrected chi connectivity index (χ3v) is 6.68. The third-order valence-electron chi connectivity index (χ3n) is 6.68. The molecule has 2 saturated heterocycles. The first-order valence-electron chi connectivity index (χ1n) is 10.6. The van der Waals surface area contributed by atoms with Crippen molar-refractivity contribution in [3.8, 4) is 5.75 Å². The predicted octanol–water partition coefficient (Wildman–Crippen LogP) is 2.18. The van der Waals surface area contributed by atoms with Crippen molar-refractivity contribution in [3.63, 3.8) is 0 Å². The van der Waals surface area contributed by atoms with Crippen LogP contribution in [0.25, 0.3) is 0 Å². The monoisotopic (exact) mass is 384 g/mol. The van der Waals surface area contributed by atoms with Crippen LogP contribution in [0.1, 0.15) is 53.6 Å². The number of likely N-dealkylation sites (tertiary alicyclic amines) is 2. The Bertz CT molecular complexity index is 804. The molecule has 0 radical (unpaired) electrons. The molecule has 2 heterocycles. The number of rotatable bonds is 6. The highest BCUT2D eigenvalue weighted by molar-refractivity contribution is 5.98. The number of carbonyl (C=O) groups is 2. The molecular formula is C22H28N2O4. The van der Waals surface area contributed by atoms with E-state index in [1.165, 1.54) is 11.1 Å². The van der Waals surface area contributed by atoms with Gasteiger partial charge in [0.2, 0.25) is 5.91 Å². The molecule has 6 heteroatoms. The number of ether oxygens (including phenoxy) is 2. The highest BCUT2D eigenvalue weighted by Crippen LogP contribution is 2.37. The minimum atomic E-state index is 0.0446. The zero-order chi connectivity index (χ0) is 19.3. The van der Waals surface area contributed by atoms with Crippen molar-refractivity contribution in [1.82, 2.24) is 9.80 Å². The Kier molecular flexibility index (Phi) is 4.54. The van der Waals surface area contributed by atoms with Crippen LogP contribution in [0, 0.1) is 0 Å². The quantitative estimate of drug-likeness (QED) is 0.754. The van der Waals surface area contributed by atoms with Crippen molar-refractivity contribution in [2.75, 3.05) is 26.8 Å². The summed E-state index contributed by atoms with van der Waals surface area (Å²) in [6, 6.07) is 4.27. The van der Waals surface area contributed by atoms with Crippen LogP contribution in [0.4, 0.5) is 0 Å². The van der Waals surface area contributed by atoms with Crippen LogP contribution >= 0.6 is 0 Å². The molecule has 5 rings (SSSR count). The Morgan fingerprint density at radius 3 is 2.61 bits per heavy atom. The molecule has 2 amide bonds. The number of methoxy groups -OCH3 is 1. The summed E-state index contributed by atoms with van der Waals surface area (Å²) in [6.07, 6.45) is 7.16. The Balaban J connectivity index is 1.25. The van der Waals surface area contributed by atoms with Crippen molar-refractivity contribution in [1.29, 1.82) is 0 Å². The van der Waals surface area contributed by atoms with Crippen LogP contribution in [0.2, 0.25) is 0 Å². The molecular weight excluding hydrogens is 356 g/mol. The lowest BCUT2D eigenvalue weighted by atomic mass is 10.0. The molecule has 1 aromatic rings. The predicted molar refractivity (Wildman–Crippen MR) is 104 cm³/mol. The molecule has 0 unspecified atom stereocenters. The van der Waals surface area contributed by atoms with Gasteiger partial charge in [0.15, 0.2) is 0 Å². The Morgan fingerprint density at radius 1 is 1.11 bits per heavy atom. The number of carbonyl (C=O) groups excluding carboxylic acids is 2. The van der Waals surface area contributed by atoms with Crippen LogP contribution in [-0.4, -0.2) is 66.6 Å². The SMILES string of the molecule is COc1c(C(=O)N2C[C@@H]3C[C@H]2CN3C(=O)CCOC2CC2)ccc2c1CCC2. The summed E-state index contributed by atoms with van der Waals surface area (Å²) >= 11 is 0. The first-order valence-corrected chi connectivity index (χ1v) is 10.6. The van der Waals surface area contributed by atoms with Gasteiger partial charge >= 0.3 is 0 Å². The molecule has 1 saturated carbocycles. The molecule has 2 bridgehead atoms. The molecule has 2 aliphatic heterocycles. The number of aryl methyl sites for hydroxylation is 1. The van der Waals surface area contributed by atoms with Crippen molar-refractivity contribution in [3.05, 3.63) is 28.8 Å². The summed E-state index contributed by atoms with van der Waals surface area (Å²) in [4.78, 5) is 29.7. The summed E-state index contributed by atoms with van der Waals surface area (Å²) in [5.41, 5.74) is 3.18. The lowest BCUT2D eigenvalue weighted by molar-refractivity contribution is -0.134. The van der Waals surface area contributed by atoms with Crippen molar-refractivity contribution < 1.29 is 19.1 Å². The average Bonchev–Trinajstić information content (AvgIpc) is 3.10. The third kappa shape index (κ3) is 3.08. The number of hydrogen-bond acceptors (Lipinski definition) is 4. The smallest absolute Gasteiger partial charge is 0.258 e. The van der Waals surface area contributed by atoms with E-state index < -0.39 is 0 Å². The van der Waals surface area contributed by atoms with Crippen molar-refractivity contribution in [2.45, 2.75) is 63.1 Å². The van der Waals surface area contributed by atoms with Gasteiger partial charge in [-0.05, 0) is 55.7 Å². The second kappa shape index (κ2) is 7.07. The summed E-state index contributed by atoms with van der Waals surface area (Å²) in [6.45, 7) is 1.79. The minimum absolute atomic E-state index is 0.0446. The van der Waals surface area contributed by atoms with E-state index in [1.54, 1.807) is 7.11 Å². The molecule has 0 spiro atoms. The van der Waals surface area contributed by atoms with Crippen molar-refractivity contribution >= 4 is 11.8 Å². The average molecular weight is 384 g/mol. The maximum absolute atomic E-state index is 13.3. The van der Waals surface area contributed by atoms with E-state index in [1.807, 2.05) is 15.9 Å². The molecule has 0 aromatic heterocycles. The lowest BCUT2D eigenvalue weighted by Gasteiger charge is -2.34.